The molecule has 0 saturated heterocycles. The fourth-order valence-corrected chi connectivity index (χ4v) is 4.61. The number of benzene rings is 3. The molecule has 3 aromatic rings. The van der Waals surface area contributed by atoms with Crippen LogP contribution < -0.4 is 5.32 Å². The maximum atomic E-state index is 13.8. The van der Waals surface area contributed by atoms with Crippen molar-refractivity contribution in [1.82, 2.24) is 10.2 Å². The number of hydrogen-bond acceptors (Lipinski definition) is 2. The predicted molar refractivity (Wildman–Crippen MR) is 149 cm³/mol. The Balaban J connectivity index is 2.03. The van der Waals surface area contributed by atoms with Gasteiger partial charge in [-0.05, 0) is 48.7 Å². The number of hydrogen-bond donors (Lipinski definition) is 1. The molecule has 4 nitrogen and oxygen atoms in total. The van der Waals surface area contributed by atoms with Crippen molar-refractivity contribution in [2.75, 3.05) is 0 Å². The van der Waals surface area contributed by atoms with E-state index in [1.165, 1.54) is 0 Å². The van der Waals surface area contributed by atoms with E-state index >= 15 is 0 Å². The smallest absolute Gasteiger partial charge is 0.243 e. The number of carbonyl (C=O) groups is 2. The Bertz CT molecular complexity index is 1180. The molecule has 2 amide bonds. The summed E-state index contributed by atoms with van der Waals surface area (Å²) in [4.78, 5) is 28.9. The lowest BCUT2D eigenvalue weighted by Gasteiger charge is -2.33. The molecule has 0 unspecified atom stereocenters. The van der Waals surface area contributed by atoms with E-state index in [1.807, 2.05) is 44.2 Å². The van der Waals surface area contributed by atoms with Crippen LogP contribution in [-0.2, 0) is 29.0 Å². The molecule has 0 radical (unpaired) electrons. The first kappa shape index (κ1) is 28.3. The standard InChI is InChI=1S/C28H28Cl4N2O2/c1-3-18(2)33-28(36)26(15-19-8-5-4-6-9-19)34(17-21-22(29)10-7-11-23(21)30)27(35)16-20-12-13-24(31)25(32)14-20/h4-14,18,26H,3,15-17H2,1-2H3,(H,33,36)/t18-,26-/m1/s1. The molecule has 0 aliphatic heterocycles. The van der Waals surface area contributed by atoms with Crippen molar-refractivity contribution in [3.63, 3.8) is 0 Å². The summed E-state index contributed by atoms with van der Waals surface area (Å²) in [5.74, 6) is -0.497. The Morgan fingerprint density at radius 2 is 1.50 bits per heavy atom. The number of nitrogens with zero attached hydrogens (tertiary/aromatic N) is 1. The Hall–Kier alpha value is -2.24. The number of amides is 2. The molecule has 0 spiro atoms. The first-order valence-electron chi connectivity index (χ1n) is 11.7. The predicted octanol–water partition coefficient (Wildman–Crippen LogP) is 7.40. The van der Waals surface area contributed by atoms with Crippen LogP contribution in [0, 0.1) is 0 Å². The van der Waals surface area contributed by atoms with Gasteiger partial charge in [-0.25, -0.2) is 0 Å². The summed E-state index contributed by atoms with van der Waals surface area (Å²) in [5.41, 5.74) is 2.20. The average molecular weight is 566 g/mol. The van der Waals surface area contributed by atoms with Crippen LogP contribution in [0.2, 0.25) is 20.1 Å². The van der Waals surface area contributed by atoms with Gasteiger partial charge in [0.1, 0.15) is 6.04 Å². The monoisotopic (exact) mass is 564 g/mol. The van der Waals surface area contributed by atoms with Gasteiger partial charge in [-0.3, -0.25) is 9.59 Å². The van der Waals surface area contributed by atoms with Crippen LogP contribution in [0.25, 0.3) is 0 Å². The molecule has 36 heavy (non-hydrogen) atoms. The minimum absolute atomic E-state index is 0.0286. The summed E-state index contributed by atoms with van der Waals surface area (Å²) in [5, 5.41) is 4.66. The van der Waals surface area contributed by atoms with Crippen LogP contribution in [0.3, 0.4) is 0 Å². The van der Waals surface area contributed by atoms with Crippen LogP contribution in [0.4, 0.5) is 0 Å². The van der Waals surface area contributed by atoms with Gasteiger partial charge in [-0.2, -0.15) is 0 Å². The molecule has 3 aromatic carbocycles. The second-order valence-electron chi connectivity index (χ2n) is 8.67. The van der Waals surface area contributed by atoms with Crippen molar-refractivity contribution in [3.05, 3.63) is 104 Å². The first-order chi connectivity index (χ1) is 17.2. The van der Waals surface area contributed by atoms with E-state index in [9.17, 15) is 9.59 Å². The summed E-state index contributed by atoms with van der Waals surface area (Å²) >= 11 is 25.2. The van der Waals surface area contributed by atoms with E-state index in [-0.39, 0.29) is 30.8 Å². The molecule has 3 rings (SSSR count). The number of rotatable bonds is 10. The molecule has 190 valence electrons. The van der Waals surface area contributed by atoms with Gasteiger partial charge in [0.25, 0.3) is 0 Å². The van der Waals surface area contributed by atoms with Gasteiger partial charge >= 0.3 is 0 Å². The molecule has 0 aliphatic rings. The molecular weight excluding hydrogens is 538 g/mol. The van der Waals surface area contributed by atoms with Crippen molar-refractivity contribution in [1.29, 1.82) is 0 Å². The van der Waals surface area contributed by atoms with Crippen molar-refractivity contribution in [2.24, 2.45) is 0 Å². The van der Waals surface area contributed by atoms with Gasteiger partial charge in [0, 0.05) is 34.6 Å². The molecule has 2 atom stereocenters. The third kappa shape index (κ3) is 7.63. The quantitative estimate of drug-likeness (QED) is 0.278. The zero-order chi connectivity index (χ0) is 26.2. The van der Waals surface area contributed by atoms with Gasteiger partial charge in [-0.1, -0.05) is 95.8 Å². The van der Waals surface area contributed by atoms with E-state index in [0.717, 1.165) is 12.0 Å². The Labute approximate surface area is 232 Å². The Morgan fingerprint density at radius 3 is 2.11 bits per heavy atom. The molecule has 8 heteroatoms. The molecule has 1 N–H and O–H groups in total. The Kier molecular flexibility index (Phi) is 10.5. The molecule has 0 bridgehead atoms. The van der Waals surface area contributed by atoms with E-state index < -0.39 is 6.04 Å². The van der Waals surface area contributed by atoms with Gasteiger partial charge in [0.15, 0.2) is 0 Å². The summed E-state index contributed by atoms with van der Waals surface area (Å²) in [6, 6.07) is 19.0. The Morgan fingerprint density at radius 1 is 0.833 bits per heavy atom. The summed E-state index contributed by atoms with van der Waals surface area (Å²) in [6.07, 6.45) is 1.12. The third-order valence-electron chi connectivity index (χ3n) is 6.00. The minimum Gasteiger partial charge on any atom is -0.352 e. The molecule has 0 saturated carbocycles. The lowest BCUT2D eigenvalue weighted by atomic mass is 10.0. The summed E-state index contributed by atoms with van der Waals surface area (Å²) < 4.78 is 0. The van der Waals surface area contributed by atoms with E-state index in [2.05, 4.69) is 5.32 Å². The molecule has 0 aromatic heterocycles. The average Bonchev–Trinajstić information content (AvgIpc) is 2.85. The van der Waals surface area contributed by atoms with Gasteiger partial charge < -0.3 is 10.2 Å². The topological polar surface area (TPSA) is 49.4 Å². The normalized spacial score (nSPS) is 12.6. The minimum atomic E-state index is -0.788. The van der Waals surface area contributed by atoms with Crippen LogP contribution in [0.5, 0.6) is 0 Å². The molecule has 0 heterocycles. The molecular formula is C28H28Cl4N2O2. The van der Waals surface area contributed by atoms with Gasteiger partial charge in [0.2, 0.25) is 11.8 Å². The van der Waals surface area contributed by atoms with Crippen LogP contribution in [0.1, 0.15) is 37.0 Å². The number of halogens is 4. The van der Waals surface area contributed by atoms with Crippen molar-refractivity contribution < 1.29 is 9.59 Å². The third-order valence-corrected chi connectivity index (χ3v) is 7.45. The van der Waals surface area contributed by atoms with Crippen molar-refractivity contribution in [2.45, 2.75) is 51.7 Å². The van der Waals surface area contributed by atoms with Gasteiger partial charge in [-0.15, -0.1) is 0 Å². The van der Waals surface area contributed by atoms with Gasteiger partial charge in [0.05, 0.1) is 16.5 Å². The fraction of sp³-hybridized carbons (Fsp3) is 0.286. The second-order valence-corrected chi connectivity index (χ2v) is 10.3. The summed E-state index contributed by atoms with van der Waals surface area (Å²) in [7, 11) is 0. The molecule has 0 fully saturated rings. The van der Waals surface area contributed by atoms with Crippen molar-refractivity contribution >= 4 is 58.2 Å². The van der Waals surface area contributed by atoms with Crippen molar-refractivity contribution in [3.8, 4) is 0 Å². The molecule has 0 aliphatic carbocycles. The highest BCUT2D eigenvalue weighted by Gasteiger charge is 2.32. The van der Waals surface area contributed by atoms with E-state index in [1.54, 1.807) is 41.3 Å². The highest BCUT2D eigenvalue weighted by atomic mass is 35.5. The highest BCUT2D eigenvalue weighted by Crippen LogP contribution is 2.28. The zero-order valence-corrected chi connectivity index (χ0v) is 23.1. The first-order valence-corrected chi connectivity index (χ1v) is 13.2. The highest BCUT2D eigenvalue weighted by molar-refractivity contribution is 6.42. The van der Waals surface area contributed by atoms with Crippen LogP contribution in [0.15, 0.2) is 66.7 Å². The van der Waals surface area contributed by atoms with Crippen LogP contribution in [-0.4, -0.2) is 28.8 Å². The number of carbonyl (C=O) groups excluding carboxylic acids is 2. The summed E-state index contributed by atoms with van der Waals surface area (Å²) in [6.45, 7) is 4.00. The maximum Gasteiger partial charge on any atom is 0.243 e. The van der Waals surface area contributed by atoms with E-state index in [4.69, 9.17) is 46.4 Å². The second kappa shape index (κ2) is 13.3. The largest absolute Gasteiger partial charge is 0.352 e. The SMILES string of the molecule is CC[C@@H](C)NC(=O)[C@@H](Cc1ccccc1)N(Cc1c(Cl)cccc1Cl)C(=O)Cc1ccc(Cl)c(Cl)c1. The maximum absolute atomic E-state index is 13.8. The lowest BCUT2D eigenvalue weighted by Crippen LogP contribution is -2.52. The van der Waals surface area contributed by atoms with E-state index in [0.29, 0.717) is 37.6 Å². The fourth-order valence-electron chi connectivity index (χ4n) is 3.77. The van der Waals surface area contributed by atoms with Crippen LogP contribution >= 0.6 is 46.4 Å². The zero-order valence-electron chi connectivity index (χ0n) is 20.1. The number of nitrogens with one attached hydrogen (secondary N) is 1. The lowest BCUT2D eigenvalue weighted by molar-refractivity contribution is -0.141.